The summed E-state index contributed by atoms with van der Waals surface area (Å²) in [6, 6.07) is 0. The Balaban J connectivity index is 3.10. The third-order valence-corrected chi connectivity index (χ3v) is 1.75. The SMILES string of the molecule is COC(=O)c1c(Br)noc1C. The van der Waals surface area contributed by atoms with Crippen LogP contribution in [0.4, 0.5) is 0 Å². The lowest BCUT2D eigenvalue weighted by molar-refractivity contribution is 0.0598. The van der Waals surface area contributed by atoms with Gasteiger partial charge in [-0.05, 0) is 22.9 Å². The van der Waals surface area contributed by atoms with Crippen LogP contribution in [0.25, 0.3) is 0 Å². The number of carbonyl (C=O) groups is 1. The number of aryl methyl sites for hydroxylation is 1. The Hall–Kier alpha value is -0.840. The van der Waals surface area contributed by atoms with Crippen molar-refractivity contribution < 1.29 is 14.1 Å². The number of halogens is 1. The van der Waals surface area contributed by atoms with E-state index in [1.165, 1.54) is 7.11 Å². The maximum atomic E-state index is 11.0. The van der Waals surface area contributed by atoms with Crippen LogP contribution in [0.3, 0.4) is 0 Å². The molecule has 0 bridgehead atoms. The fourth-order valence-corrected chi connectivity index (χ4v) is 1.19. The van der Waals surface area contributed by atoms with E-state index in [0.29, 0.717) is 15.9 Å². The maximum Gasteiger partial charge on any atom is 0.344 e. The third-order valence-electron chi connectivity index (χ3n) is 1.21. The average molecular weight is 220 g/mol. The second-order valence-corrected chi connectivity index (χ2v) is 2.65. The van der Waals surface area contributed by atoms with Gasteiger partial charge in [-0.15, -0.1) is 0 Å². The van der Waals surface area contributed by atoms with Gasteiger partial charge in [0.15, 0.2) is 4.60 Å². The van der Waals surface area contributed by atoms with E-state index in [1.54, 1.807) is 6.92 Å². The van der Waals surface area contributed by atoms with E-state index in [0.717, 1.165) is 0 Å². The molecule has 0 radical (unpaired) electrons. The van der Waals surface area contributed by atoms with Gasteiger partial charge in [0.25, 0.3) is 0 Å². The van der Waals surface area contributed by atoms with E-state index in [9.17, 15) is 4.79 Å². The van der Waals surface area contributed by atoms with Gasteiger partial charge in [-0.1, -0.05) is 5.16 Å². The van der Waals surface area contributed by atoms with Gasteiger partial charge in [-0.25, -0.2) is 4.79 Å². The minimum absolute atomic E-state index is 0.340. The topological polar surface area (TPSA) is 52.3 Å². The molecule has 1 rings (SSSR count). The van der Waals surface area contributed by atoms with Crippen molar-refractivity contribution in [2.75, 3.05) is 7.11 Å². The maximum absolute atomic E-state index is 11.0. The van der Waals surface area contributed by atoms with Crippen molar-refractivity contribution in [1.82, 2.24) is 5.16 Å². The molecule has 0 aliphatic carbocycles. The van der Waals surface area contributed by atoms with Crippen LogP contribution in [-0.4, -0.2) is 18.2 Å². The van der Waals surface area contributed by atoms with E-state index >= 15 is 0 Å². The number of hydrogen-bond donors (Lipinski definition) is 0. The van der Waals surface area contributed by atoms with Crippen molar-refractivity contribution in [3.63, 3.8) is 0 Å². The molecule has 11 heavy (non-hydrogen) atoms. The van der Waals surface area contributed by atoms with Crippen molar-refractivity contribution in [3.8, 4) is 0 Å². The summed E-state index contributed by atoms with van der Waals surface area (Å²) in [7, 11) is 1.31. The number of esters is 1. The van der Waals surface area contributed by atoms with Gasteiger partial charge in [0.2, 0.25) is 0 Å². The fourth-order valence-electron chi connectivity index (χ4n) is 0.675. The highest BCUT2D eigenvalue weighted by Gasteiger charge is 2.18. The Kier molecular flexibility index (Phi) is 2.28. The smallest absolute Gasteiger partial charge is 0.344 e. The predicted octanol–water partition coefficient (Wildman–Crippen LogP) is 1.53. The summed E-state index contributed by atoms with van der Waals surface area (Å²) in [6.07, 6.45) is 0. The van der Waals surface area contributed by atoms with Crippen LogP contribution in [0.2, 0.25) is 0 Å². The largest absolute Gasteiger partial charge is 0.465 e. The van der Waals surface area contributed by atoms with Gasteiger partial charge in [0, 0.05) is 0 Å². The van der Waals surface area contributed by atoms with E-state index in [2.05, 4.69) is 25.8 Å². The quantitative estimate of drug-likeness (QED) is 0.673. The van der Waals surface area contributed by atoms with Crippen molar-refractivity contribution in [1.29, 1.82) is 0 Å². The summed E-state index contributed by atoms with van der Waals surface area (Å²) in [4.78, 5) is 11.0. The van der Waals surface area contributed by atoms with Gasteiger partial charge >= 0.3 is 5.97 Å². The second kappa shape index (κ2) is 3.04. The second-order valence-electron chi connectivity index (χ2n) is 1.90. The predicted molar refractivity (Wildman–Crippen MR) is 40.3 cm³/mol. The number of carbonyl (C=O) groups excluding carboxylic acids is 1. The minimum Gasteiger partial charge on any atom is -0.465 e. The molecule has 1 aromatic rings. The van der Waals surface area contributed by atoms with Crippen LogP contribution >= 0.6 is 15.9 Å². The van der Waals surface area contributed by atoms with Gasteiger partial charge < -0.3 is 9.26 Å². The van der Waals surface area contributed by atoms with Crippen LogP contribution in [0, 0.1) is 6.92 Å². The number of rotatable bonds is 1. The van der Waals surface area contributed by atoms with Crippen molar-refractivity contribution in [2.45, 2.75) is 6.92 Å². The van der Waals surface area contributed by atoms with Crippen molar-refractivity contribution in [2.24, 2.45) is 0 Å². The number of nitrogens with zero attached hydrogens (tertiary/aromatic N) is 1. The Morgan fingerprint density at radius 1 is 1.73 bits per heavy atom. The van der Waals surface area contributed by atoms with E-state index in [-0.39, 0.29) is 0 Å². The van der Waals surface area contributed by atoms with Crippen LogP contribution in [0.5, 0.6) is 0 Å². The molecular formula is C6H6BrNO3. The summed E-state index contributed by atoms with van der Waals surface area (Å²) in [5.74, 6) is -0.000602. The zero-order chi connectivity index (χ0) is 8.43. The molecule has 4 nitrogen and oxygen atoms in total. The number of aromatic nitrogens is 1. The summed E-state index contributed by atoms with van der Waals surface area (Å²) in [6.45, 7) is 1.64. The molecule has 0 aromatic carbocycles. The van der Waals surface area contributed by atoms with Gasteiger partial charge in [-0.3, -0.25) is 0 Å². The molecule has 1 heterocycles. The zero-order valence-electron chi connectivity index (χ0n) is 6.05. The Morgan fingerprint density at radius 3 is 2.73 bits per heavy atom. The minimum atomic E-state index is -0.448. The van der Waals surface area contributed by atoms with E-state index in [1.807, 2.05) is 0 Å². The lowest BCUT2D eigenvalue weighted by atomic mass is 10.3. The molecule has 0 aliphatic heterocycles. The van der Waals surface area contributed by atoms with E-state index in [4.69, 9.17) is 4.52 Å². The molecule has 0 saturated carbocycles. The van der Waals surface area contributed by atoms with Crippen molar-refractivity contribution >= 4 is 21.9 Å². The van der Waals surface area contributed by atoms with Crippen LogP contribution in [-0.2, 0) is 4.74 Å². The molecule has 0 aliphatic rings. The van der Waals surface area contributed by atoms with Crippen LogP contribution in [0.1, 0.15) is 16.1 Å². The Labute approximate surface area is 71.6 Å². The molecule has 1 aromatic heterocycles. The summed E-state index contributed by atoms with van der Waals surface area (Å²) < 4.78 is 9.58. The van der Waals surface area contributed by atoms with Gasteiger partial charge in [0.1, 0.15) is 11.3 Å². The highest BCUT2D eigenvalue weighted by Crippen LogP contribution is 2.19. The summed E-state index contributed by atoms with van der Waals surface area (Å²) in [5.41, 5.74) is 0.340. The average Bonchev–Trinajstić information content (AvgIpc) is 2.30. The zero-order valence-corrected chi connectivity index (χ0v) is 7.64. The fraction of sp³-hybridized carbons (Fsp3) is 0.333. The van der Waals surface area contributed by atoms with Crippen LogP contribution in [0.15, 0.2) is 9.13 Å². The number of methoxy groups -OCH3 is 1. The molecule has 0 atom stereocenters. The van der Waals surface area contributed by atoms with Gasteiger partial charge in [-0.2, -0.15) is 0 Å². The number of ether oxygens (including phenoxy) is 1. The molecule has 0 N–H and O–H groups in total. The molecule has 0 unspecified atom stereocenters. The normalized spacial score (nSPS) is 9.73. The number of hydrogen-bond acceptors (Lipinski definition) is 4. The van der Waals surface area contributed by atoms with E-state index < -0.39 is 5.97 Å². The third kappa shape index (κ3) is 1.42. The first-order chi connectivity index (χ1) is 5.16. The Bertz CT molecular complexity index is 262. The molecule has 5 heteroatoms. The summed E-state index contributed by atoms with van der Waals surface area (Å²) >= 11 is 3.05. The molecular weight excluding hydrogens is 214 g/mol. The first kappa shape index (κ1) is 8.26. The van der Waals surface area contributed by atoms with Gasteiger partial charge in [0.05, 0.1) is 7.11 Å². The highest BCUT2D eigenvalue weighted by molar-refractivity contribution is 9.10. The monoisotopic (exact) mass is 219 g/mol. The molecule has 0 fully saturated rings. The summed E-state index contributed by atoms with van der Waals surface area (Å²) in [5, 5.41) is 3.53. The lowest BCUT2D eigenvalue weighted by Crippen LogP contribution is -2.01. The molecule has 0 amide bonds. The Morgan fingerprint density at radius 2 is 2.36 bits per heavy atom. The first-order valence-corrected chi connectivity index (χ1v) is 3.66. The standard InChI is InChI=1S/C6H6BrNO3/c1-3-4(6(9)10-2)5(7)8-11-3/h1-2H3. The molecule has 60 valence electrons. The highest BCUT2D eigenvalue weighted by atomic mass is 79.9. The molecule has 0 spiro atoms. The van der Waals surface area contributed by atoms with Crippen LogP contribution < -0.4 is 0 Å². The van der Waals surface area contributed by atoms with Crippen molar-refractivity contribution in [3.05, 3.63) is 15.9 Å². The lowest BCUT2D eigenvalue weighted by Gasteiger charge is -1.93. The first-order valence-electron chi connectivity index (χ1n) is 2.87. The molecule has 0 saturated heterocycles.